The van der Waals surface area contributed by atoms with Crippen LogP contribution in [0.15, 0.2) is 108 Å². The van der Waals surface area contributed by atoms with Crippen molar-refractivity contribution >= 4 is 22.1 Å². The van der Waals surface area contributed by atoms with E-state index in [4.69, 9.17) is 13.5 Å². The fourth-order valence-electron chi connectivity index (χ4n) is 4.68. The lowest BCUT2D eigenvalue weighted by Gasteiger charge is -2.24. The second-order valence-corrected chi connectivity index (χ2v) is 9.30. The number of benzene rings is 3. The number of hydrogen-bond acceptors (Lipinski definition) is 3. The standard InChI is InChI=1S/C32H26N2O/c1-21-20-33-27(19-26(21)22-11-6-4-7-12-22)24-15-10-16-25-30-28(35-31(24)25)17-18-29(34-30)32(2,3)23-13-8-5-9-14-23/h4-20H,1-3H3/i1D3. The number of furan rings is 1. The maximum Gasteiger partial charge on any atom is 0.153 e. The van der Waals surface area contributed by atoms with Crippen LogP contribution in [0, 0.1) is 6.85 Å². The van der Waals surface area contributed by atoms with Gasteiger partial charge in [0.05, 0.1) is 11.4 Å². The fourth-order valence-corrected chi connectivity index (χ4v) is 4.68. The van der Waals surface area contributed by atoms with Crippen molar-refractivity contribution in [3.8, 4) is 22.4 Å². The van der Waals surface area contributed by atoms with Crippen LogP contribution in [0.1, 0.15) is 34.8 Å². The van der Waals surface area contributed by atoms with E-state index in [1.165, 1.54) is 11.8 Å². The Morgan fingerprint density at radius 2 is 1.57 bits per heavy atom. The van der Waals surface area contributed by atoms with Gasteiger partial charge in [-0.1, -0.05) is 80.6 Å². The van der Waals surface area contributed by atoms with Gasteiger partial charge in [0, 0.05) is 26.7 Å². The second kappa shape index (κ2) is 8.21. The summed E-state index contributed by atoms with van der Waals surface area (Å²) < 4.78 is 30.5. The summed E-state index contributed by atoms with van der Waals surface area (Å²) in [6, 6.07) is 31.7. The third-order valence-electron chi connectivity index (χ3n) is 6.74. The predicted molar refractivity (Wildman–Crippen MR) is 143 cm³/mol. The molecule has 6 aromatic rings. The molecule has 0 unspecified atom stereocenters. The highest BCUT2D eigenvalue weighted by molar-refractivity contribution is 6.07. The molecule has 0 N–H and O–H groups in total. The summed E-state index contributed by atoms with van der Waals surface area (Å²) in [5.41, 5.74) is 7.15. The Bertz CT molecular complexity index is 1770. The van der Waals surface area contributed by atoms with E-state index in [0.717, 1.165) is 27.7 Å². The number of para-hydroxylation sites is 1. The van der Waals surface area contributed by atoms with Gasteiger partial charge in [-0.05, 0) is 59.4 Å². The molecule has 3 heteroatoms. The molecule has 0 aliphatic rings. The minimum Gasteiger partial charge on any atom is -0.454 e. The average Bonchev–Trinajstić information content (AvgIpc) is 3.31. The Morgan fingerprint density at radius 1 is 0.800 bits per heavy atom. The zero-order valence-electron chi connectivity index (χ0n) is 22.6. The molecule has 0 aliphatic carbocycles. The van der Waals surface area contributed by atoms with Gasteiger partial charge in [-0.15, -0.1) is 0 Å². The summed E-state index contributed by atoms with van der Waals surface area (Å²) in [6.45, 7) is 2.06. The van der Waals surface area contributed by atoms with Crippen LogP contribution in [0.2, 0.25) is 0 Å². The molecule has 3 aromatic carbocycles. The molecule has 0 radical (unpaired) electrons. The number of pyridine rings is 2. The van der Waals surface area contributed by atoms with Gasteiger partial charge >= 0.3 is 0 Å². The van der Waals surface area contributed by atoms with E-state index in [9.17, 15) is 0 Å². The predicted octanol–water partition coefficient (Wildman–Crippen LogP) is 8.34. The summed E-state index contributed by atoms with van der Waals surface area (Å²) in [4.78, 5) is 9.65. The lowest BCUT2D eigenvalue weighted by molar-refractivity contribution is 0.617. The molecule has 0 atom stereocenters. The SMILES string of the molecule is [2H]C([2H])([2H])c1cnc(-c2cccc3c2oc2ccc(C(C)(C)c4ccccc4)nc23)cc1-c1ccccc1. The molecule has 170 valence electrons. The third-order valence-corrected chi connectivity index (χ3v) is 6.74. The van der Waals surface area contributed by atoms with Gasteiger partial charge in [0.1, 0.15) is 11.1 Å². The highest BCUT2D eigenvalue weighted by atomic mass is 16.3. The first kappa shape index (κ1) is 18.1. The summed E-state index contributed by atoms with van der Waals surface area (Å²) in [7, 11) is 0. The summed E-state index contributed by atoms with van der Waals surface area (Å²) >= 11 is 0. The number of nitrogens with zero attached hydrogens (tertiary/aromatic N) is 2. The average molecular weight is 458 g/mol. The molecule has 3 aromatic heterocycles. The van der Waals surface area contributed by atoms with Crippen molar-refractivity contribution in [3.05, 3.63) is 120 Å². The first-order chi connectivity index (χ1) is 18.2. The monoisotopic (exact) mass is 457 g/mol. The van der Waals surface area contributed by atoms with Crippen LogP contribution < -0.4 is 0 Å². The number of aromatic nitrogens is 2. The van der Waals surface area contributed by atoms with Crippen LogP contribution in [0.4, 0.5) is 0 Å². The van der Waals surface area contributed by atoms with E-state index >= 15 is 0 Å². The molecule has 0 aliphatic heterocycles. The molecule has 3 heterocycles. The number of aryl methyl sites for hydroxylation is 1. The van der Waals surface area contributed by atoms with E-state index < -0.39 is 6.85 Å². The largest absolute Gasteiger partial charge is 0.454 e. The molecule has 0 saturated heterocycles. The zero-order chi connectivity index (χ0) is 26.5. The van der Waals surface area contributed by atoms with Crippen LogP contribution in [0.3, 0.4) is 0 Å². The minimum atomic E-state index is -2.28. The maximum atomic E-state index is 8.04. The molecule has 0 spiro atoms. The molecule has 0 amide bonds. The molecule has 35 heavy (non-hydrogen) atoms. The van der Waals surface area contributed by atoms with Gasteiger partial charge in [0.2, 0.25) is 0 Å². The van der Waals surface area contributed by atoms with Gasteiger partial charge in [-0.3, -0.25) is 4.98 Å². The van der Waals surface area contributed by atoms with Crippen LogP contribution in [-0.4, -0.2) is 9.97 Å². The van der Waals surface area contributed by atoms with Gasteiger partial charge in [0.15, 0.2) is 5.58 Å². The first-order valence-corrected chi connectivity index (χ1v) is 11.7. The lowest BCUT2D eigenvalue weighted by Crippen LogP contribution is -2.20. The van der Waals surface area contributed by atoms with Crippen molar-refractivity contribution in [3.63, 3.8) is 0 Å². The highest BCUT2D eigenvalue weighted by Gasteiger charge is 2.26. The van der Waals surface area contributed by atoms with Crippen molar-refractivity contribution in [2.45, 2.75) is 26.1 Å². The van der Waals surface area contributed by atoms with Crippen LogP contribution in [0.5, 0.6) is 0 Å². The summed E-state index contributed by atoms with van der Waals surface area (Å²) in [6.07, 6.45) is 1.46. The van der Waals surface area contributed by atoms with Crippen molar-refractivity contribution in [1.29, 1.82) is 0 Å². The van der Waals surface area contributed by atoms with Gasteiger partial charge in [-0.2, -0.15) is 0 Å². The van der Waals surface area contributed by atoms with Crippen molar-refractivity contribution in [2.75, 3.05) is 0 Å². The van der Waals surface area contributed by atoms with Gasteiger partial charge in [-0.25, -0.2) is 4.98 Å². The molecular formula is C32H26N2O. The van der Waals surface area contributed by atoms with Crippen LogP contribution in [-0.2, 0) is 5.41 Å². The van der Waals surface area contributed by atoms with Gasteiger partial charge in [0.25, 0.3) is 0 Å². The summed E-state index contributed by atoms with van der Waals surface area (Å²) in [5, 5.41) is 0.895. The van der Waals surface area contributed by atoms with Crippen molar-refractivity contribution in [1.82, 2.24) is 9.97 Å². The van der Waals surface area contributed by atoms with Crippen LogP contribution >= 0.6 is 0 Å². The third kappa shape index (κ3) is 3.60. The molecule has 0 saturated carbocycles. The Balaban J connectivity index is 1.52. The molecule has 0 bridgehead atoms. The normalized spacial score (nSPS) is 13.5. The quantitative estimate of drug-likeness (QED) is 0.267. The van der Waals surface area contributed by atoms with E-state index in [-0.39, 0.29) is 11.0 Å². The Morgan fingerprint density at radius 3 is 2.34 bits per heavy atom. The Hall–Kier alpha value is -4.24. The van der Waals surface area contributed by atoms with Crippen LogP contribution in [0.25, 0.3) is 44.5 Å². The van der Waals surface area contributed by atoms with E-state index in [0.29, 0.717) is 22.4 Å². The highest BCUT2D eigenvalue weighted by Crippen LogP contribution is 2.38. The number of hydrogen-bond donors (Lipinski definition) is 0. The number of fused-ring (bicyclic) bond motifs is 3. The van der Waals surface area contributed by atoms with Gasteiger partial charge < -0.3 is 4.42 Å². The molecule has 6 rings (SSSR count). The smallest absolute Gasteiger partial charge is 0.153 e. The second-order valence-electron chi connectivity index (χ2n) is 9.30. The molecule has 0 fully saturated rings. The van der Waals surface area contributed by atoms with Crippen molar-refractivity contribution in [2.24, 2.45) is 0 Å². The molecule has 3 nitrogen and oxygen atoms in total. The Kier molecular flexibility index (Phi) is 4.25. The first-order valence-electron chi connectivity index (χ1n) is 13.2. The van der Waals surface area contributed by atoms with Crippen molar-refractivity contribution < 1.29 is 8.53 Å². The van der Waals surface area contributed by atoms with E-state index in [1.807, 2.05) is 84.9 Å². The minimum absolute atomic E-state index is 0.221. The molecular weight excluding hydrogens is 428 g/mol. The summed E-state index contributed by atoms with van der Waals surface area (Å²) in [5.74, 6) is 0. The van der Waals surface area contributed by atoms with E-state index in [2.05, 4.69) is 31.0 Å². The van der Waals surface area contributed by atoms with E-state index in [1.54, 1.807) is 0 Å². The Labute approximate surface area is 209 Å². The lowest BCUT2D eigenvalue weighted by atomic mass is 9.81. The number of rotatable bonds is 4. The maximum absolute atomic E-state index is 8.04. The zero-order valence-corrected chi connectivity index (χ0v) is 19.6. The topological polar surface area (TPSA) is 38.9 Å². The fraction of sp³-hybridized carbons (Fsp3) is 0.125.